The van der Waals surface area contributed by atoms with Crippen molar-refractivity contribution in [2.75, 3.05) is 7.05 Å². The van der Waals surface area contributed by atoms with Crippen LogP contribution in [-0.4, -0.2) is 7.05 Å². The van der Waals surface area contributed by atoms with Crippen LogP contribution in [0.25, 0.3) is 0 Å². The summed E-state index contributed by atoms with van der Waals surface area (Å²) in [6.45, 7) is 1.91. The molecule has 1 aromatic carbocycles. The molecule has 1 nitrogen and oxygen atoms in total. The Balaban J connectivity index is 2.51. The molecule has 2 rings (SSSR count). The molecule has 1 N–H and O–H groups in total. The number of nitrogens with one attached hydrogen (secondary N) is 1. The van der Waals surface area contributed by atoms with Crippen molar-refractivity contribution in [3.05, 3.63) is 55.4 Å². The highest BCUT2D eigenvalue weighted by molar-refractivity contribution is 9.10. The molecule has 114 valence electrons. The van der Waals surface area contributed by atoms with Crippen LogP contribution in [0.1, 0.15) is 26.9 Å². The largest absolute Gasteiger partial charge is 0.419 e. The minimum atomic E-state index is -4.71. The summed E-state index contributed by atoms with van der Waals surface area (Å²) in [6.07, 6.45) is -4.71. The molecule has 0 aliphatic carbocycles. The molecule has 7 heteroatoms. The molecule has 0 spiro atoms. The monoisotopic (exact) mass is 381 g/mol. The van der Waals surface area contributed by atoms with Crippen molar-refractivity contribution >= 4 is 27.3 Å². The molecule has 1 aromatic heterocycles. The number of thiophene rings is 1. The topological polar surface area (TPSA) is 12.0 Å². The van der Waals surface area contributed by atoms with Crippen molar-refractivity contribution in [2.45, 2.75) is 19.1 Å². The highest BCUT2D eigenvalue weighted by Crippen LogP contribution is 2.38. The van der Waals surface area contributed by atoms with Crippen LogP contribution in [0.2, 0.25) is 0 Å². The zero-order chi connectivity index (χ0) is 15.8. The van der Waals surface area contributed by atoms with Crippen molar-refractivity contribution in [1.29, 1.82) is 0 Å². The second kappa shape index (κ2) is 6.06. The van der Waals surface area contributed by atoms with Crippen molar-refractivity contribution in [3.8, 4) is 0 Å². The van der Waals surface area contributed by atoms with Crippen LogP contribution in [0, 0.1) is 12.7 Å². The highest BCUT2D eigenvalue weighted by Gasteiger charge is 2.35. The van der Waals surface area contributed by atoms with E-state index in [-0.39, 0.29) is 0 Å². The van der Waals surface area contributed by atoms with Gasteiger partial charge in [0.2, 0.25) is 0 Å². The molecule has 1 heterocycles. The molecule has 0 saturated heterocycles. The molecule has 0 amide bonds. The maximum atomic E-state index is 13.4. The van der Waals surface area contributed by atoms with Gasteiger partial charge in [0.15, 0.2) is 0 Å². The van der Waals surface area contributed by atoms with Gasteiger partial charge in [-0.25, -0.2) is 4.39 Å². The van der Waals surface area contributed by atoms with Crippen molar-refractivity contribution < 1.29 is 17.6 Å². The number of rotatable bonds is 3. The zero-order valence-electron chi connectivity index (χ0n) is 11.2. The minimum Gasteiger partial charge on any atom is -0.309 e. The van der Waals surface area contributed by atoms with Crippen molar-refractivity contribution in [2.24, 2.45) is 0 Å². The van der Waals surface area contributed by atoms with Gasteiger partial charge in [-0.05, 0) is 53.7 Å². The second-order valence-electron chi connectivity index (χ2n) is 4.53. The molecule has 2 aromatic rings. The summed E-state index contributed by atoms with van der Waals surface area (Å²) in [6, 6.07) is 4.56. The Morgan fingerprint density at radius 2 is 1.90 bits per heavy atom. The third kappa shape index (κ3) is 3.46. The fourth-order valence-electron chi connectivity index (χ4n) is 2.09. The normalized spacial score (nSPS) is 13.5. The van der Waals surface area contributed by atoms with Crippen molar-refractivity contribution in [3.63, 3.8) is 0 Å². The lowest BCUT2D eigenvalue weighted by Crippen LogP contribution is -2.18. The molecular formula is C14H12BrF4NS. The number of alkyl halides is 3. The van der Waals surface area contributed by atoms with E-state index in [1.807, 2.05) is 13.0 Å². The summed E-state index contributed by atoms with van der Waals surface area (Å²) < 4.78 is 52.6. The number of aryl methyl sites for hydroxylation is 1. The molecule has 1 atom stereocenters. The molecule has 21 heavy (non-hydrogen) atoms. The maximum Gasteiger partial charge on any atom is 0.419 e. The Bertz CT molecular complexity index is 651. The van der Waals surface area contributed by atoms with Gasteiger partial charge in [-0.15, -0.1) is 11.3 Å². The van der Waals surface area contributed by atoms with Crippen molar-refractivity contribution in [1.82, 2.24) is 5.32 Å². The van der Waals surface area contributed by atoms with Gasteiger partial charge in [-0.2, -0.15) is 13.2 Å². The average molecular weight is 382 g/mol. The van der Waals surface area contributed by atoms with E-state index in [4.69, 9.17) is 0 Å². The number of hydrogen-bond acceptors (Lipinski definition) is 2. The summed E-state index contributed by atoms with van der Waals surface area (Å²) in [5, 5.41) is 2.98. The van der Waals surface area contributed by atoms with Gasteiger partial charge in [0.25, 0.3) is 0 Å². The van der Waals surface area contributed by atoms with Crippen LogP contribution >= 0.6 is 27.3 Å². The van der Waals surface area contributed by atoms with Crippen LogP contribution < -0.4 is 5.32 Å². The van der Waals surface area contributed by atoms with Crippen LogP contribution in [0.15, 0.2) is 28.7 Å². The smallest absolute Gasteiger partial charge is 0.309 e. The standard InChI is InChI=1S/C14H12BrF4NS/c1-7-5-10(15)13(21-7)12(20-2)8-3-4-11(16)9(6-8)14(17,18)19/h3-6,12,20H,1-2H3. The molecule has 0 saturated carbocycles. The summed E-state index contributed by atoms with van der Waals surface area (Å²) in [5.74, 6) is -1.26. The summed E-state index contributed by atoms with van der Waals surface area (Å²) >= 11 is 4.88. The maximum absolute atomic E-state index is 13.4. The molecule has 0 radical (unpaired) electrons. The van der Waals surface area contributed by atoms with Gasteiger partial charge >= 0.3 is 6.18 Å². The van der Waals surface area contributed by atoms with Gasteiger partial charge in [-0.3, -0.25) is 0 Å². The molecule has 0 fully saturated rings. The van der Waals surface area contributed by atoms with Gasteiger partial charge in [0, 0.05) is 14.2 Å². The van der Waals surface area contributed by atoms with E-state index in [0.29, 0.717) is 5.56 Å². The van der Waals surface area contributed by atoms with E-state index in [1.54, 1.807) is 7.05 Å². The van der Waals surface area contributed by atoms with E-state index in [9.17, 15) is 17.6 Å². The van der Waals surface area contributed by atoms with Crippen LogP contribution in [0.5, 0.6) is 0 Å². The van der Waals surface area contributed by atoms with E-state index in [1.165, 1.54) is 17.4 Å². The minimum absolute atomic E-state index is 0.369. The van der Waals surface area contributed by atoms with Crippen LogP contribution in [0.3, 0.4) is 0 Å². The lowest BCUT2D eigenvalue weighted by Gasteiger charge is -2.18. The van der Waals surface area contributed by atoms with Gasteiger partial charge < -0.3 is 5.32 Å². The lowest BCUT2D eigenvalue weighted by atomic mass is 10.0. The number of hydrogen-bond donors (Lipinski definition) is 1. The Morgan fingerprint density at radius 3 is 2.38 bits per heavy atom. The van der Waals surface area contributed by atoms with E-state index >= 15 is 0 Å². The Kier molecular flexibility index (Phi) is 4.75. The van der Waals surface area contributed by atoms with E-state index in [0.717, 1.165) is 26.4 Å². The molecular weight excluding hydrogens is 370 g/mol. The number of halogens is 5. The first-order valence-electron chi connectivity index (χ1n) is 6.03. The first kappa shape index (κ1) is 16.5. The molecule has 1 unspecified atom stereocenters. The Hall–Kier alpha value is -0.920. The summed E-state index contributed by atoms with van der Waals surface area (Å²) in [5.41, 5.74) is -0.876. The third-order valence-corrected chi connectivity index (χ3v) is 5.05. The third-order valence-electron chi connectivity index (χ3n) is 3.02. The average Bonchev–Trinajstić information content (AvgIpc) is 2.70. The van der Waals surface area contributed by atoms with Gasteiger partial charge in [-0.1, -0.05) is 6.07 Å². The number of benzene rings is 1. The predicted molar refractivity (Wildman–Crippen MR) is 79.1 cm³/mol. The molecule has 0 bridgehead atoms. The predicted octanol–water partition coefficient (Wildman–Crippen LogP) is 5.29. The Morgan fingerprint density at radius 1 is 1.24 bits per heavy atom. The second-order valence-corrected chi connectivity index (χ2v) is 6.67. The fourth-order valence-corrected chi connectivity index (χ4v) is 4.11. The van der Waals surface area contributed by atoms with Gasteiger partial charge in [0.1, 0.15) is 5.82 Å². The quantitative estimate of drug-likeness (QED) is 0.712. The fraction of sp³-hybridized carbons (Fsp3) is 0.286. The SMILES string of the molecule is CNC(c1ccc(F)c(C(F)(F)F)c1)c1sc(C)cc1Br. The van der Waals surface area contributed by atoms with Crippen LogP contribution in [-0.2, 0) is 6.18 Å². The van der Waals surface area contributed by atoms with Crippen LogP contribution in [0.4, 0.5) is 17.6 Å². The zero-order valence-corrected chi connectivity index (χ0v) is 13.6. The first-order valence-corrected chi connectivity index (χ1v) is 7.64. The van der Waals surface area contributed by atoms with Gasteiger partial charge in [0.05, 0.1) is 11.6 Å². The summed E-state index contributed by atoms with van der Waals surface area (Å²) in [4.78, 5) is 1.89. The molecule has 0 aliphatic heterocycles. The Labute approximate surface area is 132 Å². The summed E-state index contributed by atoms with van der Waals surface area (Å²) in [7, 11) is 1.66. The van der Waals surface area contributed by atoms with E-state index in [2.05, 4.69) is 21.2 Å². The lowest BCUT2D eigenvalue weighted by molar-refractivity contribution is -0.140. The molecule has 0 aliphatic rings. The van der Waals surface area contributed by atoms with E-state index < -0.39 is 23.6 Å². The highest BCUT2D eigenvalue weighted by atomic mass is 79.9. The first-order chi connectivity index (χ1) is 9.74.